The van der Waals surface area contributed by atoms with Crippen molar-refractivity contribution in [1.82, 2.24) is 0 Å². The van der Waals surface area contributed by atoms with E-state index in [2.05, 4.69) is 6.58 Å². The fourth-order valence-corrected chi connectivity index (χ4v) is 2.22. The Morgan fingerprint density at radius 3 is 2.65 bits per heavy atom. The van der Waals surface area contributed by atoms with Gasteiger partial charge in [0, 0.05) is 11.5 Å². The van der Waals surface area contributed by atoms with Crippen LogP contribution in [0.5, 0.6) is 5.75 Å². The first kappa shape index (κ1) is 11.6. The molecule has 0 amide bonds. The van der Waals surface area contributed by atoms with E-state index in [1.54, 1.807) is 6.08 Å². The summed E-state index contributed by atoms with van der Waals surface area (Å²) in [6.45, 7) is 9.60. The first-order valence-electron chi connectivity index (χ1n) is 5.67. The molecule has 0 radical (unpaired) electrons. The predicted molar refractivity (Wildman–Crippen MR) is 69.3 cm³/mol. The van der Waals surface area contributed by atoms with Crippen molar-refractivity contribution in [3.63, 3.8) is 0 Å². The Morgan fingerprint density at radius 2 is 2.06 bits per heavy atom. The van der Waals surface area contributed by atoms with Gasteiger partial charge in [0.25, 0.3) is 0 Å². The van der Waals surface area contributed by atoms with Crippen LogP contribution in [0.25, 0.3) is 5.57 Å². The first-order chi connectivity index (χ1) is 7.93. The smallest absolute Gasteiger partial charge is 0.189 e. The first-order valence-corrected chi connectivity index (χ1v) is 5.67. The molecule has 2 heteroatoms. The SMILES string of the molecule is C=C(C)c1ccc2c(c1O)C(=O)C=C(C)C2C. The Labute approximate surface area is 101 Å². The van der Waals surface area contributed by atoms with E-state index >= 15 is 0 Å². The number of carbonyl (C=O) groups excluding carboxylic acids is 1. The van der Waals surface area contributed by atoms with Gasteiger partial charge in [0.2, 0.25) is 0 Å². The number of aromatic hydroxyl groups is 1. The third-order valence-electron chi connectivity index (χ3n) is 3.42. The molecule has 0 fully saturated rings. The molecule has 17 heavy (non-hydrogen) atoms. The number of allylic oxidation sites excluding steroid dienone is 3. The fraction of sp³-hybridized carbons (Fsp3) is 0.267. The minimum absolute atomic E-state index is 0.0654. The van der Waals surface area contributed by atoms with E-state index in [1.165, 1.54) is 0 Å². The molecule has 1 aromatic rings. The highest BCUT2D eigenvalue weighted by molar-refractivity contribution is 6.10. The Bertz CT molecular complexity index is 550. The number of rotatable bonds is 1. The van der Waals surface area contributed by atoms with Crippen LogP contribution >= 0.6 is 0 Å². The highest BCUT2D eigenvalue weighted by Crippen LogP contribution is 2.39. The zero-order valence-corrected chi connectivity index (χ0v) is 10.4. The summed E-state index contributed by atoms with van der Waals surface area (Å²) in [5.41, 5.74) is 3.78. The second-order valence-electron chi connectivity index (χ2n) is 4.68. The molecule has 0 aliphatic heterocycles. The summed E-state index contributed by atoms with van der Waals surface area (Å²) in [6, 6.07) is 3.75. The standard InChI is InChI=1S/C15H16O2/c1-8(2)11-5-6-12-10(4)9(3)7-13(16)14(12)15(11)17/h5-7,10,17H,1H2,2-4H3. The lowest BCUT2D eigenvalue weighted by Gasteiger charge is -2.23. The van der Waals surface area contributed by atoms with Gasteiger partial charge in [-0.15, -0.1) is 0 Å². The maximum atomic E-state index is 12.0. The number of phenols is 1. The summed E-state index contributed by atoms with van der Waals surface area (Å²) in [7, 11) is 0. The Hall–Kier alpha value is -1.83. The second-order valence-corrected chi connectivity index (χ2v) is 4.68. The zero-order valence-electron chi connectivity index (χ0n) is 10.4. The maximum absolute atomic E-state index is 12.0. The Kier molecular flexibility index (Phi) is 2.66. The van der Waals surface area contributed by atoms with Crippen molar-refractivity contribution in [3.8, 4) is 5.75 Å². The van der Waals surface area contributed by atoms with Crippen molar-refractivity contribution in [2.75, 3.05) is 0 Å². The summed E-state index contributed by atoms with van der Waals surface area (Å²) < 4.78 is 0. The molecule has 0 saturated heterocycles. The van der Waals surface area contributed by atoms with Crippen LogP contribution in [0.3, 0.4) is 0 Å². The van der Waals surface area contributed by atoms with E-state index in [1.807, 2.05) is 32.9 Å². The highest BCUT2D eigenvalue weighted by atomic mass is 16.3. The second kappa shape index (κ2) is 3.88. The van der Waals surface area contributed by atoms with Crippen molar-refractivity contribution < 1.29 is 9.90 Å². The molecule has 1 atom stereocenters. The molecule has 2 nitrogen and oxygen atoms in total. The monoisotopic (exact) mass is 228 g/mol. The number of hydrogen-bond acceptors (Lipinski definition) is 2. The third kappa shape index (κ3) is 1.70. The van der Waals surface area contributed by atoms with Crippen LogP contribution in [0, 0.1) is 0 Å². The van der Waals surface area contributed by atoms with Crippen LogP contribution < -0.4 is 0 Å². The quantitative estimate of drug-likeness (QED) is 0.796. The van der Waals surface area contributed by atoms with Crippen LogP contribution in [0.1, 0.15) is 48.2 Å². The highest BCUT2D eigenvalue weighted by Gasteiger charge is 2.26. The van der Waals surface area contributed by atoms with Gasteiger partial charge < -0.3 is 5.11 Å². The number of benzene rings is 1. The molecule has 0 spiro atoms. The van der Waals surface area contributed by atoms with Gasteiger partial charge in [-0.2, -0.15) is 0 Å². The summed E-state index contributed by atoms with van der Waals surface area (Å²) in [6.07, 6.45) is 1.61. The maximum Gasteiger partial charge on any atom is 0.189 e. The Morgan fingerprint density at radius 1 is 1.41 bits per heavy atom. The average Bonchev–Trinajstić information content (AvgIpc) is 2.25. The number of phenolic OH excluding ortho intramolecular Hbond substituents is 1. The molecule has 2 rings (SSSR count). The molecular formula is C15H16O2. The molecule has 0 aromatic heterocycles. The van der Waals surface area contributed by atoms with Gasteiger partial charge in [0.15, 0.2) is 5.78 Å². The third-order valence-corrected chi connectivity index (χ3v) is 3.42. The van der Waals surface area contributed by atoms with Crippen LogP contribution in [0.4, 0.5) is 0 Å². The van der Waals surface area contributed by atoms with E-state index in [0.29, 0.717) is 11.1 Å². The van der Waals surface area contributed by atoms with Crippen molar-refractivity contribution in [1.29, 1.82) is 0 Å². The summed E-state index contributed by atoms with van der Waals surface area (Å²) in [4.78, 5) is 12.0. The van der Waals surface area contributed by atoms with Crippen LogP contribution in [0.15, 0.2) is 30.4 Å². The minimum atomic E-state index is -0.115. The molecule has 0 saturated carbocycles. The minimum Gasteiger partial charge on any atom is -0.507 e. The van der Waals surface area contributed by atoms with Crippen LogP contribution in [-0.2, 0) is 0 Å². The molecule has 1 aromatic carbocycles. The van der Waals surface area contributed by atoms with E-state index in [0.717, 1.165) is 16.7 Å². The summed E-state index contributed by atoms with van der Waals surface area (Å²) in [5.74, 6) is 0.125. The molecule has 1 unspecified atom stereocenters. The molecular weight excluding hydrogens is 212 g/mol. The van der Waals surface area contributed by atoms with Crippen molar-refractivity contribution >= 4 is 11.4 Å². The van der Waals surface area contributed by atoms with Gasteiger partial charge in [-0.1, -0.05) is 31.2 Å². The van der Waals surface area contributed by atoms with Crippen LogP contribution in [-0.4, -0.2) is 10.9 Å². The van der Waals surface area contributed by atoms with Crippen molar-refractivity contribution in [2.45, 2.75) is 26.7 Å². The zero-order chi connectivity index (χ0) is 12.7. The van der Waals surface area contributed by atoms with Gasteiger partial charge in [-0.05, 0) is 31.1 Å². The van der Waals surface area contributed by atoms with Gasteiger partial charge in [-0.3, -0.25) is 4.79 Å². The van der Waals surface area contributed by atoms with Gasteiger partial charge in [0.1, 0.15) is 5.75 Å². The largest absolute Gasteiger partial charge is 0.507 e. The molecule has 0 heterocycles. The number of fused-ring (bicyclic) bond motifs is 1. The molecule has 1 aliphatic carbocycles. The molecule has 1 aliphatic rings. The lowest BCUT2D eigenvalue weighted by atomic mass is 9.81. The topological polar surface area (TPSA) is 37.3 Å². The predicted octanol–water partition coefficient (Wildman–Crippen LogP) is 3.67. The lowest BCUT2D eigenvalue weighted by molar-refractivity contribution is 0.103. The van der Waals surface area contributed by atoms with E-state index in [9.17, 15) is 9.90 Å². The number of carbonyl (C=O) groups is 1. The molecule has 1 N–H and O–H groups in total. The van der Waals surface area contributed by atoms with Gasteiger partial charge in [0.05, 0.1) is 5.56 Å². The van der Waals surface area contributed by atoms with E-state index in [4.69, 9.17) is 0 Å². The number of ketones is 1. The number of hydrogen-bond donors (Lipinski definition) is 1. The normalized spacial score (nSPS) is 18.6. The van der Waals surface area contributed by atoms with Crippen molar-refractivity contribution in [3.05, 3.63) is 47.1 Å². The van der Waals surface area contributed by atoms with Gasteiger partial charge in [-0.25, -0.2) is 0 Å². The van der Waals surface area contributed by atoms with Crippen LogP contribution in [0.2, 0.25) is 0 Å². The average molecular weight is 228 g/mol. The van der Waals surface area contributed by atoms with E-state index in [-0.39, 0.29) is 17.5 Å². The summed E-state index contributed by atoms with van der Waals surface area (Å²) in [5, 5.41) is 10.2. The Balaban J connectivity index is 2.71. The lowest BCUT2D eigenvalue weighted by Crippen LogP contribution is -2.13. The van der Waals surface area contributed by atoms with Gasteiger partial charge >= 0.3 is 0 Å². The van der Waals surface area contributed by atoms with Crippen molar-refractivity contribution in [2.24, 2.45) is 0 Å². The molecule has 0 bridgehead atoms. The summed E-state index contributed by atoms with van der Waals surface area (Å²) >= 11 is 0. The van der Waals surface area contributed by atoms with E-state index < -0.39 is 0 Å². The fourth-order valence-electron chi connectivity index (χ4n) is 2.22. The molecule has 88 valence electrons.